The molecule has 48 heavy (non-hydrogen) atoms. The van der Waals surface area contributed by atoms with Gasteiger partial charge in [0.2, 0.25) is 0 Å². The molecular formula is C32H35F5N6O4S. The van der Waals surface area contributed by atoms with Crippen LogP contribution in [0.3, 0.4) is 0 Å². The molecule has 16 heteroatoms. The van der Waals surface area contributed by atoms with Gasteiger partial charge in [0, 0.05) is 50.6 Å². The molecule has 258 valence electrons. The molecule has 2 aliphatic heterocycles. The van der Waals surface area contributed by atoms with Gasteiger partial charge in [0.05, 0.1) is 48.1 Å². The van der Waals surface area contributed by atoms with Crippen LogP contribution in [0.4, 0.5) is 33.3 Å². The summed E-state index contributed by atoms with van der Waals surface area (Å²) in [5, 5.41) is 6.15. The van der Waals surface area contributed by atoms with Gasteiger partial charge in [0.1, 0.15) is 17.6 Å². The zero-order valence-corrected chi connectivity index (χ0v) is 27.3. The molecule has 5 rings (SSSR count). The minimum absolute atomic E-state index is 0.0464. The van der Waals surface area contributed by atoms with Gasteiger partial charge in [-0.1, -0.05) is 12.5 Å². The van der Waals surface area contributed by atoms with E-state index in [9.17, 15) is 30.8 Å². The van der Waals surface area contributed by atoms with Gasteiger partial charge in [-0.3, -0.25) is 4.79 Å². The van der Waals surface area contributed by atoms with Gasteiger partial charge in [-0.05, 0) is 43.2 Å². The van der Waals surface area contributed by atoms with Crippen molar-refractivity contribution < 1.29 is 39.9 Å². The van der Waals surface area contributed by atoms with E-state index in [2.05, 4.69) is 34.0 Å². The molecule has 1 aromatic carbocycles. The number of halogens is 5. The molecule has 0 aliphatic carbocycles. The molecule has 10 nitrogen and oxygen atoms in total. The van der Waals surface area contributed by atoms with Crippen molar-refractivity contribution >= 4 is 32.8 Å². The summed E-state index contributed by atoms with van der Waals surface area (Å²) in [5.74, 6) is 3.47. The minimum atomic E-state index is -4.62. The van der Waals surface area contributed by atoms with Crippen molar-refractivity contribution in [2.24, 2.45) is 0 Å². The summed E-state index contributed by atoms with van der Waals surface area (Å²) in [6.45, 7) is 4.03. The lowest BCUT2D eigenvalue weighted by molar-refractivity contribution is -0.133. The molecule has 1 amide bonds. The third-order valence-corrected chi connectivity index (χ3v) is 9.45. The number of sulfone groups is 1. The molecule has 3 aromatic rings. The normalized spacial score (nSPS) is 19.0. The van der Waals surface area contributed by atoms with Gasteiger partial charge < -0.3 is 29.6 Å². The number of hydrogen-bond acceptors (Lipinski definition) is 8. The van der Waals surface area contributed by atoms with E-state index in [-0.39, 0.29) is 59.8 Å². The van der Waals surface area contributed by atoms with E-state index in [1.165, 1.54) is 40.8 Å². The summed E-state index contributed by atoms with van der Waals surface area (Å²) in [6.07, 6.45) is -4.22. The van der Waals surface area contributed by atoms with Gasteiger partial charge in [-0.2, -0.15) is 13.2 Å². The molecule has 0 saturated carbocycles. The van der Waals surface area contributed by atoms with Crippen molar-refractivity contribution in [1.82, 2.24) is 19.2 Å². The Morgan fingerprint density at radius 1 is 1.19 bits per heavy atom. The van der Waals surface area contributed by atoms with Crippen LogP contribution >= 0.6 is 0 Å². The number of alkyl halides is 4. The van der Waals surface area contributed by atoms with Crippen molar-refractivity contribution in [3.63, 3.8) is 0 Å². The van der Waals surface area contributed by atoms with E-state index in [4.69, 9.17) is 4.74 Å². The molecule has 2 fully saturated rings. The van der Waals surface area contributed by atoms with Gasteiger partial charge in [0.25, 0.3) is 5.91 Å². The number of ether oxygens (including phenoxy) is 1. The molecule has 2 atom stereocenters. The molecule has 0 unspecified atom stereocenters. The first kappa shape index (κ1) is 35.0. The Kier molecular flexibility index (Phi) is 9.93. The molecule has 0 spiro atoms. The quantitative estimate of drug-likeness (QED) is 0.195. The van der Waals surface area contributed by atoms with Crippen molar-refractivity contribution in [3.05, 3.63) is 59.8 Å². The summed E-state index contributed by atoms with van der Waals surface area (Å²) in [6, 6.07) is 5.29. The summed E-state index contributed by atoms with van der Waals surface area (Å²) in [4.78, 5) is 19.7. The second-order valence-corrected chi connectivity index (χ2v) is 14.0. The number of carbonyl (C=O) groups is 1. The average Bonchev–Trinajstić information content (AvgIpc) is 3.31. The lowest BCUT2D eigenvalue weighted by Crippen LogP contribution is -2.48. The number of pyridine rings is 1. The number of imidazole rings is 1. The number of piperidine rings is 1. The van der Waals surface area contributed by atoms with Gasteiger partial charge >= 0.3 is 6.18 Å². The van der Waals surface area contributed by atoms with Crippen LogP contribution in [0.15, 0.2) is 47.8 Å². The highest BCUT2D eigenvalue weighted by Crippen LogP contribution is 2.35. The smallest absolute Gasteiger partial charge is 0.394 e. The highest BCUT2D eigenvalue weighted by molar-refractivity contribution is 7.90. The van der Waals surface area contributed by atoms with E-state index in [1.54, 1.807) is 13.1 Å². The van der Waals surface area contributed by atoms with E-state index in [0.29, 0.717) is 29.9 Å². The highest BCUT2D eigenvalue weighted by Gasteiger charge is 2.36. The Bertz CT molecular complexity index is 1900. The molecule has 2 aromatic heterocycles. The third-order valence-electron chi connectivity index (χ3n) is 8.34. The van der Waals surface area contributed by atoms with Crippen LogP contribution in [-0.4, -0.2) is 105 Å². The maximum atomic E-state index is 15.1. The predicted molar refractivity (Wildman–Crippen MR) is 170 cm³/mol. The monoisotopic (exact) mass is 694 g/mol. The van der Waals surface area contributed by atoms with Gasteiger partial charge in [-0.15, -0.1) is 0 Å². The maximum Gasteiger partial charge on any atom is 0.394 e. The number of rotatable bonds is 9. The van der Waals surface area contributed by atoms with Crippen molar-refractivity contribution in [3.8, 4) is 17.6 Å². The Balaban J connectivity index is 1.50. The molecule has 2 N–H and O–H groups in total. The number of likely N-dealkylation sites (tertiary alicyclic amines) is 2. The van der Waals surface area contributed by atoms with Crippen molar-refractivity contribution in [1.29, 1.82) is 0 Å². The maximum absolute atomic E-state index is 15.1. The second-order valence-electron chi connectivity index (χ2n) is 12.0. The number of methoxy groups -OCH3 is 1. The van der Waals surface area contributed by atoms with Crippen LogP contribution in [0.5, 0.6) is 5.75 Å². The fourth-order valence-electron chi connectivity index (χ4n) is 5.76. The Morgan fingerprint density at radius 3 is 2.54 bits per heavy atom. The Hall–Kier alpha value is -4.36. The number of aromatic nitrogens is 2. The molecule has 0 radical (unpaired) electrons. The summed E-state index contributed by atoms with van der Waals surface area (Å²) < 4.78 is 101. The predicted octanol–water partition coefficient (Wildman–Crippen LogP) is 4.18. The first-order valence-electron chi connectivity index (χ1n) is 15.0. The standard InChI is InChI=1S/C32H35F5N6O4S/c1-19(33)31(44)42-15-21(16-42)20-12-27(39-24-9-11-41(2)18-23(24)34)30-40-25(28(43(30)17-20)14-32(35,36)37)6-5-10-38-26-8-7-22(48(4,45)46)13-29(26)47-3/h7-8,12-13,17,21,23-24,38-39H,1,9-11,14-16,18H2,2-4H3/t23-,24+/m0/s1. The largest absolute Gasteiger partial charge is 0.495 e. The van der Waals surface area contributed by atoms with E-state index >= 15 is 4.39 Å². The third kappa shape index (κ3) is 7.84. The number of carbonyl (C=O) groups excluding carboxylic acids is 1. The number of amides is 1. The number of benzene rings is 1. The van der Waals surface area contributed by atoms with Crippen LogP contribution in [0.1, 0.15) is 29.3 Å². The lowest BCUT2D eigenvalue weighted by Gasteiger charge is -2.39. The zero-order valence-electron chi connectivity index (χ0n) is 26.5. The second kappa shape index (κ2) is 13.6. The molecule has 2 aliphatic rings. The molecule has 4 heterocycles. The van der Waals surface area contributed by atoms with Crippen LogP contribution < -0.4 is 15.4 Å². The molecular weight excluding hydrogens is 659 g/mol. The van der Waals surface area contributed by atoms with E-state index in [1.807, 2.05) is 4.90 Å². The van der Waals surface area contributed by atoms with E-state index < -0.39 is 46.4 Å². The average molecular weight is 695 g/mol. The van der Waals surface area contributed by atoms with E-state index in [0.717, 1.165) is 6.26 Å². The van der Waals surface area contributed by atoms with Crippen molar-refractivity contribution in [2.45, 2.75) is 42.0 Å². The number of hydrogen-bond donors (Lipinski definition) is 2. The van der Waals surface area contributed by atoms with Crippen LogP contribution in [0.25, 0.3) is 5.65 Å². The van der Waals surface area contributed by atoms with Gasteiger partial charge in [0.15, 0.2) is 21.3 Å². The fraction of sp³-hybridized carbons (Fsp3) is 0.438. The number of fused-ring (bicyclic) bond motifs is 1. The van der Waals surface area contributed by atoms with Crippen LogP contribution in [0.2, 0.25) is 0 Å². The first-order valence-corrected chi connectivity index (χ1v) is 16.9. The fourth-order valence-corrected chi connectivity index (χ4v) is 6.40. The number of nitrogens with one attached hydrogen (secondary N) is 2. The minimum Gasteiger partial charge on any atom is -0.495 e. The summed E-state index contributed by atoms with van der Waals surface area (Å²) >= 11 is 0. The SMILES string of the molecule is C=C(F)C(=O)N1CC(c2cc(N[C@@H]3CCN(C)C[C@@H]3F)c3nc(C#CCNc4ccc(S(C)(=O)=O)cc4OC)c(CC(F)(F)F)n3c2)C1. The van der Waals surface area contributed by atoms with Crippen LogP contribution in [-0.2, 0) is 21.1 Å². The topological polar surface area (TPSA) is 108 Å². The molecule has 2 saturated heterocycles. The lowest BCUT2D eigenvalue weighted by atomic mass is 9.92. The molecule has 0 bridgehead atoms. The number of nitrogens with zero attached hydrogens (tertiary/aromatic N) is 4. The van der Waals surface area contributed by atoms with Crippen LogP contribution in [0, 0.1) is 11.8 Å². The summed E-state index contributed by atoms with van der Waals surface area (Å²) in [5.41, 5.74) is 1.07. The number of anilines is 2. The van der Waals surface area contributed by atoms with Crippen molar-refractivity contribution in [2.75, 3.05) is 63.8 Å². The Labute approximate surface area is 274 Å². The zero-order chi connectivity index (χ0) is 35.0. The summed E-state index contributed by atoms with van der Waals surface area (Å²) in [7, 11) is -0.315. The first-order chi connectivity index (χ1) is 22.5. The Morgan fingerprint density at radius 2 is 1.92 bits per heavy atom. The van der Waals surface area contributed by atoms with Gasteiger partial charge in [-0.25, -0.2) is 22.2 Å². The highest BCUT2D eigenvalue weighted by atomic mass is 32.2.